The van der Waals surface area contributed by atoms with Gasteiger partial charge in [-0.2, -0.15) is 0 Å². The van der Waals surface area contributed by atoms with E-state index in [4.69, 9.17) is 0 Å². The highest BCUT2D eigenvalue weighted by molar-refractivity contribution is 5.96. The molecule has 1 unspecified atom stereocenters. The van der Waals surface area contributed by atoms with Crippen LogP contribution in [0.15, 0.2) is 72.9 Å². The number of amides is 1. The Balaban J connectivity index is 0.000000773. The average molecular weight is 516 g/mol. The predicted octanol–water partition coefficient (Wildman–Crippen LogP) is 7.13. The van der Waals surface area contributed by atoms with Crippen molar-refractivity contribution in [2.75, 3.05) is 11.9 Å². The standard InChI is InChI=1S/C25H25N5O2.C4H10.C2H6/c1-16-22(20-13-14-26-25(30-20)29-19-11-7-4-8-12-19)17(2)28-23(16)24(32)27-15-21(31)18-9-5-3-6-10-18;1-3-4-2;1-2/h3-14,21,28,31H,15H2,1-2H3,(H,27,32)(H,26,29,30);3-4H2,1-2H3;1-2H3. The Morgan fingerprint density at radius 2 is 1.55 bits per heavy atom. The Kier molecular flexibility index (Phi) is 12.7. The maximum absolute atomic E-state index is 12.8. The van der Waals surface area contributed by atoms with E-state index in [1.807, 2.05) is 94.4 Å². The number of benzene rings is 2. The molecule has 7 nitrogen and oxygen atoms in total. The number of aromatic amines is 1. The van der Waals surface area contributed by atoms with Crippen LogP contribution < -0.4 is 10.6 Å². The van der Waals surface area contributed by atoms with Gasteiger partial charge in [0.15, 0.2) is 0 Å². The number of anilines is 2. The van der Waals surface area contributed by atoms with Crippen LogP contribution in [0.25, 0.3) is 11.3 Å². The first kappa shape index (κ1) is 30.3. The molecule has 2 aromatic heterocycles. The van der Waals surface area contributed by atoms with Crippen molar-refractivity contribution in [3.8, 4) is 11.3 Å². The smallest absolute Gasteiger partial charge is 0.268 e. The summed E-state index contributed by atoms with van der Waals surface area (Å²) in [6.07, 6.45) is 3.56. The van der Waals surface area contributed by atoms with Gasteiger partial charge in [0.2, 0.25) is 5.95 Å². The van der Waals surface area contributed by atoms with Crippen LogP contribution in [0.1, 0.15) is 73.9 Å². The first-order valence-corrected chi connectivity index (χ1v) is 13.3. The molecule has 4 aromatic rings. The van der Waals surface area contributed by atoms with Gasteiger partial charge in [0, 0.05) is 29.7 Å². The molecule has 1 amide bonds. The number of para-hydroxylation sites is 1. The van der Waals surface area contributed by atoms with Crippen molar-refractivity contribution in [1.82, 2.24) is 20.3 Å². The Morgan fingerprint density at radius 3 is 2.16 bits per heavy atom. The van der Waals surface area contributed by atoms with Crippen LogP contribution in [-0.4, -0.2) is 32.5 Å². The molecule has 7 heteroatoms. The number of hydrogen-bond donors (Lipinski definition) is 4. The molecule has 0 aliphatic carbocycles. The first-order valence-electron chi connectivity index (χ1n) is 13.3. The Bertz CT molecular complexity index is 1240. The summed E-state index contributed by atoms with van der Waals surface area (Å²) in [6, 6.07) is 20.8. The second kappa shape index (κ2) is 16.0. The largest absolute Gasteiger partial charge is 0.387 e. The summed E-state index contributed by atoms with van der Waals surface area (Å²) in [6.45, 7) is 12.3. The Morgan fingerprint density at radius 1 is 0.947 bits per heavy atom. The summed E-state index contributed by atoms with van der Waals surface area (Å²) in [4.78, 5) is 24.9. The molecule has 4 N–H and O–H groups in total. The molecule has 0 aliphatic heterocycles. The van der Waals surface area contributed by atoms with Crippen LogP contribution in [0.3, 0.4) is 0 Å². The van der Waals surface area contributed by atoms with Gasteiger partial charge in [-0.15, -0.1) is 0 Å². The number of hydrogen-bond acceptors (Lipinski definition) is 5. The molecule has 2 heterocycles. The lowest BCUT2D eigenvalue weighted by atomic mass is 10.1. The third kappa shape index (κ3) is 8.56. The zero-order valence-corrected chi connectivity index (χ0v) is 23.4. The number of aliphatic hydroxyl groups is 1. The highest BCUT2D eigenvalue weighted by Gasteiger charge is 2.20. The van der Waals surface area contributed by atoms with Gasteiger partial charge in [0.05, 0.1) is 11.8 Å². The van der Waals surface area contributed by atoms with Crippen LogP contribution in [0.5, 0.6) is 0 Å². The van der Waals surface area contributed by atoms with Crippen LogP contribution in [-0.2, 0) is 0 Å². The van der Waals surface area contributed by atoms with E-state index >= 15 is 0 Å². The second-order valence-corrected chi connectivity index (χ2v) is 8.52. The lowest BCUT2D eigenvalue weighted by Gasteiger charge is -2.12. The molecule has 0 radical (unpaired) electrons. The zero-order valence-electron chi connectivity index (χ0n) is 23.4. The van der Waals surface area contributed by atoms with Gasteiger partial charge < -0.3 is 20.7 Å². The molecular formula is C31H41N5O2. The lowest BCUT2D eigenvalue weighted by Crippen LogP contribution is -2.29. The fraction of sp³-hybridized carbons (Fsp3) is 0.323. The fourth-order valence-electron chi connectivity index (χ4n) is 3.64. The number of unbranched alkanes of at least 4 members (excludes halogenated alkanes) is 1. The molecule has 0 fully saturated rings. The van der Waals surface area contributed by atoms with Gasteiger partial charge >= 0.3 is 0 Å². The monoisotopic (exact) mass is 515 g/mol. The van der Waals surface area contributed by atoms with Crippen molar-refractivity contribution < 1.29 is 9.90 Å². The number of aromatic nitrogens is 3. The highest BCUT2D eigenvalue weighted by atomic mass is 16.3. The minimum atomic E-state index is -0.774. The maximum atomic E-state index is 12.8. The average Bonchev–Trinajstić information content (AvgIpc) is 3.27. The van der Waals surface area contributed by atoms with Crippen molar-refractivity contribution in [2.45, 2.75) is 60.5 Å². The molecule has 0 aliphatic rings. The second-order valence-electron chi connectivity index (χ2n) is 8.52. The van der Waals surface area contributed by atoms with Crippen LogP contribution in [0.2, 0.25) is 0 Å². The van der Waals surface area contributed by atoms with Gasteiger partial charge in [-0.25, -0.2) is 9.97 Å². The summed E-state index contributed by atoms with van der Waals surface area (Å²) in [5.41, 5.74) is 5.30. The van der Waals surface area contributed by atoms with Crippen molar-refractivity contribution in [2.24, 2.45) is 0 Å². The normalized spacial score (nSPS) is 10.8. The van der Waals surface area contributed by atoms with E-state index in [-0.39, 0.29) is 12.5 Å². The van der Waals surface area contributed by atoms with Crippen molar-refractivity contribution in [1.29, 1.82) is 0 Å². The first-order chi connectivity index (χ1) is 18.4. The highest BCUT2D eigenvalue weighted by Crippen LogP contribution is 2.29. The van der Waals surface area contributed by atoms with Crippen LogP contribution >= 0.6 is 0 Å². The molecule has 38 heavy (non-hydrogen) atoms. The maximum Gasteiger partial charge on any atom is 0.268 e. The zero-order chi connectivity index (χ0) is 27.9. The minimum Gasteiger partial charge on any atom is -0.387 e. The number of rotatable bonds is 8. The quantitative estimate of drug-likeness (QED) is 0.200. The molecule has 0 bridgehead atoms. The molecule has 202 valence electrons. The number of aliphatic hydroxyl groups excluding tert-OH is 1. The van der Waals surface area contributed by atoms with Crippen molar-refractivity contribution in [3.63, 3.8) is 0 Å². The number of carbonyl (C=O) groups is 1. The number of aryl methyl sites for hydroxylation is 1. The Hall–Kier alpha value is -3.97. The van der Waals surface area contributed by atoms with Crippen molar-refractivity contribution >= 4 is 17.5 Å². The summed E-state index contributed by atoms with van der Waals surface area (Å²) in [5, 5.41) is 16.3. The molecule has 0 saturated carbocycles. The molecular weight excluding hydrogens is 474 g/mol. The third-order valence-electron chi connectivity index (χ3n) is 5.75. The number of H-pyrrole nitrogens is 1. The van der Waals surface area contributed by atoms with Gasteiger partial charge in [0.25, 0.3) is 5.91 Å². The van der Waals surface area contributed by atoms with Crippen LogP contribution in [0, 0.1) is 13.8 Å². The van der Waals surface area contributed by atoms with E-state index in [0.29, 0.717) is 17.3 Å². The molecule has 1 atom stereocenters. The summed E-state index contributed by atoms with van der Waals surface area (Å²) < 4.78 is 0. The summed E-state index contributed by atoms with van der Waals surface area (Å²) >= 11 is 0. The van der Waals surface area contributed by atoms with Gasteiger partial charge in [-0.1, -0.05) is 89.1 Å². The van der Waals surface area contributed by atoms with Gasteiger partial charge in [-0.3, -0.25) is 4.79 Å². The molecule has 4 rings (SSSR count). The Labute approximate surface area is 226 Å². The van der Waals surface area contributed by atoms with Crippen molar-refractivity contribution in [3.05, 3.63) is 95.4 Å². The predicted molar refractivity (Wildman–Crippen MR) is 157 cm³/mol. The lowest BCUT2D eigenvalue weighted by molar-refractivity contribution is 0.0911. The van der Waals surface area contributed by atoms with E-state index in [9.17, 15) is 9.90 Å². The topological polar surface area (TPSA) is 103 Å². The van der Waals surface area contributed by atoms with E-state index < -0.39 is 6.10 Å². The number of carbonyl (C=O) groups excluding carboxylic acids is 1. The molecule has 0 spiro atoms. The van der Waals surface area contributed by atoms with E-state index in [2.05, 4.69) is 39.4 Å². The van der Waals surface area contributed by atoms with E-state index in [0.717, 1.165) is 28.1 Å². The summed E-state index contributed by atoms with van der Waals surface area (Å²) in [5.74, 6) is 0.203. The SMILES string of the molecule is CC.CCCC.Cc1[nH]c(C(=O)NCC(O)c2ccccc2)c(C)c1-c1ccnc(Nc2ccccc2)n1. The summed E-state index contributed by atoms with van der Waals surface area (Å²) in [7, 11) is 0. The van der Waals surface area contributed by atoms with E-state index in [1.165, 1.54) is 12.8 Å². The van der Waals surface area contributed by atoms with E-state index in [1.54, 1.807) is 6.20 Å². The van der Waals surface area contributed by atoms with Gasteiger partial charge in [0.1, 0.15) is 5.69 Å². The number of nitrogens with one attached hydrogen (secondary N) is 3. The molecule has 0 saturated heterocycles. The van der Waals surface area contributed by atoms with Crippen LogP contribution in [0.4, 0.5) is 11.6 Å². The third-order valence-corrected chi connectivity index (χ3v) is 5.75. The molecule has 2 aromatic carbocycles. The minimum absolute atomic E-state index is 0.119. The fourth-order valence-corrected chi connectivity index (χ4v) is 3.64. The number of nitrogens with zero attached hydrogens (tertiary/aromatic N) is 2. The van der Waals surface area contributed by atoms with Gasteiger partial charge in [-0.05, 0) is 43.2 Å².